The van der Waals surface area contributed by atoms with Crippen LogP contribution in [0.15, 0.2) is 28.3 Å². The number of carbonyl (C=O) groups is 3. The minimum Gasteiger partial charge on any atom is -0.481 e. The SMILES string of the molecule is CCCSC(=O)NC(CC(=O)O)C(=O)Cn1nnc(Sc2c(Cl)cccc2Cl)n1. The Hall–Kier alpha value is -1.82. The summed E-state index contributed by atoms with van der Waals surface area (Å²) in [4.78, 5) is 36.9. The summed E-state index contributed by atoms with van der Waals surface area (Å²) in [6.07, 6.45) is 0.233. The number of nitrogens with one attached hydrogen (secondary N) is 1. The molecule has 0 aliphatic rings. The number of aliphatic carboxylic acids is 1. The number of carboxylic acids is 1. The molecule has 0 aliphatic carbocycles. The number of Topliss-reactive ketones (excluding diaryl/α,β-unsaturated/α-hetero) is 1. The third kappa shape index (κ3) is 7.50. The van der Waals surface area contributed by atoms with E-state index in [0.29, 0.717) is 20.7 Å². The predicted octanol–water partition coefficient (Wildman–Crippen LogP) is 3.40. The molecule has 29 heavy (non-hydrogen) atoms. The molecular formula is C16H17Cl2N5O4S2. The molecule has 1 heterocycles. The number of hydrogen-bond donors (Lipinski definition) is 2. The normalized spacial score (nSPS) is 11.8. The number of aromatic nitrogens is 4. The molecule has 2 rings (SSSR count). The van der Waals surface area contributed by atoms with Crippen LogP contribution in [0.4, 0.5) is 4.79 Å². The van der Waals surface area contributed by atoms with Gasteiger partial charge in [-0.25, -0.2) is 0 Å². The summed E-state index contributed by atoms with van der Waals surface area (Å²) >= 11 is 14.3. The number of ketones is 1. The van der Waals surface area contributed by atoms with Crippen molar-refractivity contribution in [2.75, 3.05) is 5.75 Å². The lowest BCUT2D eigenvalue weighted by Crippen LogP contribution is -2.42. The Morgan fingerprint density at radius 1 is 1.28 bits per heavy atom. The van der Waals surface area contributed by atoms with Gasteiger partial charge in [-0.3, -0.25) is 14.4 Å². The number of halogens is 2. The molecule has 1 atom stereocenters. The van der Waals surface area contributed by atoms with Gasteiger partial charge >= 0.3 is 5.97 Å². The first kappa shape index (κ1) is 23.5. The van der Waals surface area contributed by atoms with Crippen LogP contribution in [-0.2, 0) is 16.1 Å². The molecule has 0 fully saturated rings. The third-order valence-corrected chi connectivity index (χ3v) is 6.18. The van der Waals surface area contributed by atoms with E-state index in [9.17, 15) is 14.4 Å². The van der Waals surface area contributed by atoms with E-state index in [4.69, 9.17) is 28.3 Å². The molecule has 0 aliphatic heterocycles. The average molecular weight is 478 g/mol. The Morgan fingerprint density at radius 2 is 1.97 bits per heavy atom. The second-order valence-electron chi connectivity index (χ2n) is 5.65. The smallest absolute Gasteiger partial charge is 0.305 e. The van der Waals surface area contributed by atoms with E-state index in [1.165, 1.54) is 0 Å². The molecule has 9 nitrogen and oxygen atoms in total. The Bertz CT molecular complexity index is 876. The maximum atomic E-state index is 12.5. The molecule has 0 radical (unpaired) electrons. The van der Waals surface area contributed by atoms with Gasteiger partial charge in [0.15, 0.2) is 5.78 Å². The van der Waals surface area contributed by atoms with Gasteiger partial charge in [0.1, 0.15) is 12.6 Å². The summed E-state index contributed by atoms with van der Waals surface area (Å²) in [6, 6.07) is 3.84. The van der Waals surface area contributed by atoms with Gasteiger partial charge in [0.25, 0.3) is 5.24 Å². The Kier molecular flexibility index (Phi) is 9.21. The fourth-order valence-electron chi connectivity index (χ4n) is 2.06. The number of tetrazole rings is 1. The van der Waals surface area contributed by atoms with Gasteiger partial charge in [-0.2, -0.15) is 4.80 Å². The second kappa shape index (κ2) is 11.4. The molecule has 0 saturated heterocycles. The first-order valence-corrected chi connectivity index (χ1v) is 10.9. The van der Waals surface area contributed by atoms with E-state index in [-0.39, 0.29) is 11.7 Å². The molecule has 0 bridgehead atoms. The average Bonchev–Trinajstić information content (AvgIpc) is 3.09. The standard InChI is InChI=1S/C16H17Cl2N5O4S2/c1-2-6-28-16(27)19-11(7-13(25)26)12(24)8-23-21-15(20-22-23)29-14-9(17)4-3-5-10(14)18/h3-5,11H,2,6-8H2,1H3,(H,19,27)(H,25,26). The third-order valence-electron chi connectivity index (χ3n) is 3.34. The molecule has 1 aromatic heterocycles. The molecule has 0 spiro atoms. The zero-order valence-corrected chi connectivity index (χ0v) is 18.3. The highest BCUT2D eigenvalue weighted by Gasteiger charge is 2.25. The number of rotatable bonds is 10. The monoisotopic (exact) mass is 477 g/mol. The van der Waals surface area contributed by atoms with Crippen molar-refractivity contribution in [1.29, 1.82) is 0 Å². The van der Waals surface area contributed by atoms with Crippen LogP contribution < -0.4 is 5.32 Å². The predicted molar refractivity (Wildman–Crippen MR) is 111 cm³/mol. The lowest BCUT2D eigenvalue weighted by molar-refractivity contribution is -0.139. The summed E-state index contributed by atoms with van der Waals surface area (Å²) in [5.41, 5.74) is 0. The lowest BCUT2D eigenvalue weighted by atomic mass is 10.1. The minimum absolute atomic E-state index is 0.213. The number of amides is 1. The van der Waals surface area contributed by atoms with E-state index in [2.05, 4.69) is 20.7 Å². The van der Waals surface area contributed by atoms with E-state index in [1.807, 2.05) is 6.92 Å². The van der Waals surface area contributed by atoms with Crippen molar-refractivity contribution in [2.45, 2.75) is 42.4 Å². The molecule has 156 valence electrons. The number of benzene rings is 1. The topological polar surface area (TPSA) is 127 Å². The van der Waals surface area contributed by atoms with Crippen LogP contribution in [0, 0.1) is 0 Å². The lowest BCUT2D eigenvalue weighted by Gasteiger charge is -2.14. The van der Waals surface area contributed by atoms with Crippen LogP contribution in [0.3, 0.4) is 0 Å². The fraction of sp³-hybridized carbons (Fsp3) is 0.375. The van der Waals surface area contributed by atoms with Gasteiger partial charge in [0, 0.05) is 5.75 Å². The maximum Gasteiger partial charge on any atom is 0.305 e. The van der Waals surface area contributed by atoms with Gasteiger partial charge in [0.2, 0.25) is 5.16 Å². The molecule has 1 amide bonds. The van der Waals surface area contributed by atoms with Gasteiger partial charge in [-0.05, 0) is 35.5 Å². The number of carbonyl (C=O) groups excluding carboxylic acids is 2. The number of thioether (sulfide) groups is 1. The van der Waals surface area contributed by atoms with E-state index in [1.54, 1.807) is 18.2 Å². The van der Waals surface area contributed by atoms with Crippen molar-refractivity contribution in [3.05, 3.63) is 28.2 Å². The van der Waals surface area contributed by atoms with Crippen molar-refractivity contribution in [1.82, 2.24) is 25.5 Å². The summed E-state index contributed by atoms with van der Waals surface area (Å²) in [5, 5.41) is 23.7. The van der Waals surface area contributed by atoms with E-state index >= 15 is 0 Å². The fourth-order valence-corrected chi connectivity index (χ4v) is 4.03. The molecule has 0 saturated carbocycles. The molecule has 1 aromatic carbocycles. The highest BCUT2D eigenvalue weighted by Crippen LogP contribution is 2.36. The largest absolute Gasteiger partial charge is 0.481 e. The van der Waals surface area contributed by atoms with Crippen molar-refractivity contribution >= 4 is 63.7 Å². The van der Waals surface area contributed by atoms with Crippen molar-refractivity contribution in [3.63, 3.8) is 0 Å². The van der Waals surface area contributed by atoms with Crippen LogP contribution in [0.1, 0.15) is 19.8 Å². The summed E-state index contributed by atoms with van der Waals surface area (Å²) in [5.74, 6) is -1.20. The van der Waals surface area contributed by atoms with Crippen molar-refractivity contribution in [3.8, 4) is 0 Å². The Morgan fingerprint density at radius 3 is 2.59 bits per heavy atom. The Balaban J connectivity index is 2.04. The second-order valence-corrected chi connectivity index (χ2v) is 8.51. The van der Waals surface area contributed by atoms with Gasteiger partial charge < -0.3 is 10.4 Å². The minimum atomic E-state index is -1.21. The van der Waals surface area contributed by atoms with E-state index < -0.39 is 29.5 Å². The van der Waals surface area contributed by atoms with Crippen molar-refractivity contribution < 1.29 is 19.5 Å². The molecular weight excluding hydrogens is 461 g/mol. The molecule has 2 N–H and O–H groups in total. The van der Waals surface area contributed by atoms with Crippen LogP contribution in [-0.4, -0.2) is 54.1 Å². The highest BCUT2D eigenvalue weighted by molar-refractivity contribution is 8.13. The molecule has 1 unspecified atom stereocenters. The van der Waals surface area contributed by atoms with Crippen molar-refractivity contribution in [2.24, 2.45) is 0 Å². The summed E-state index contributed by atoms with van der Waals surface area (Å²) in [7, 11) is 0. The van der Waals surface area contributed by atoms with Crippen LogP contribution in [0.25, 0.3) is 0 Å². The van der Waals surface area contributed by atoms with E-state index in [0.717, 1.165) is 34.7 Å². The number of nitrogens with zero attached hydrogens (tertiary/aromatic N) is 4. The van der Waals surface area contributed by atoms with Gasteiger partial charge in [-0.1, -0.05) is 48.0 Å². The van der Waals surface area contributed by atoms with Crippen LogP contribution in [0.2, 0.25) is 10.0 Å². The highest BCUT2D eigenvalue weighted by atomic mass is 35.5. The first-order chi connectivity index (χ1) is 13.8. The molecule has 2 aromatic rings. The summed E-state index contributed by atoms with van der Waals surface area (Å²) in [6.45, 7) is 1.56. The first-order valence-electron chi connectivity index (χ1n) is 8.37. The zero-order chi connectivity index (χ0) is 21.4. The zero-order valence-electron chi connectivity index (χ0n) is 15.2. The molecule has 13 heteroatoms. The maximum absolute atomic E-state index is 12.5. The van der Waals surface area contributed by atoms with Crippen LogP contribution >= 0.6 is 46.7 Å². The van der Waals surface area contributed by atoms with Crippen LogP contribution in [0.5, 0.6) is 0 Å². The Labute approximate surface area is 184 Å². The summed E-state index contributed by atoms with van der Waals surface area (Å²) < 4.78 is 0. The number of carboxylic acid groups (broad SMARTS) is 1. The quantitative estimate of drug-likeness (QED) is 0.528. The van der Waals surface area contributed by atoms with Gasteiger partial charge in [-0.15, -0.1) is 10.2 Å². The number of hydrogen-bond acceptors (Lipinski definition) is 8. The van der Waals surface area contributed by atoms with Gasteiger partial charge in [0.05, 0.1) is 21.4 Å².